The van der Waals surface area contributed by atoms with Gasteiger partial charge in [0.05, 0.1) is 17.9 Å². The highest BCUT2D eigenvalue weighted by Crippen LogP contribution is 2.23. The molecule has 0 unspecified atom stereocenters. The fourth-order valence-corrected chi connectivity index (χ4v) is 4.59. The number of nitrogens with one attached hydrogen (secondary N) is 2. The lowest BCUT2D eigenvalue weighted by Crippen LogP contribution is -2.47. The highest BCUT2D eigenvalue weighted by atomic mass is 32.2. The Morgan fingerprint density at radius 3 is 2.71 bits per heavy atom. The molecule has 170 valence electrons. The van der Waals surface area contributed by atoms with Crippen molar-refractivity contribution in [1.29, 1.82) is 0 Å². The zero-order valence-corrected chi connectivity index (χ0v) is 19.4. The number of rotatable bonds is 7. The van der Waals surface area contributed by atoms with Crippen molar-refractivity contribution in [3.8, 4) is 0 Å². The Morgan fingerprint density at radius 2 is 2.06 bits per heavy atom. The zero-order valence-electron chi connectivity index (χ0n) is 18.6. The van der Waals surface area contributed by atoms with Gasteiger partial charge in [-0.15, -0.1) is 0 Å². The first kappa shape index (κ1) is 23.2. The van der Waals surface area contributed by atoms with Gasteiger partial charge in [0.25, 0.3) is 5.56 Å². The molecular weight excluding hydrogens is 418 g/mol. The van der Waals surface area contributed by atoms with Crippen LogP contribution in [0.4, 0.5) is 4.79 Å². The molecule has 2 amide bonds. The number of carbonyl (C=O) groups excluding carboxylic acids is 2. The smallest absolute Gasteiger partial charge is 0.409 e. The predicted molar refractivity (Wildman–Crippen MR) is 121 cm³/mol. The Labute approximate surface area is 185 Å². The van der Waals surface area contributed by atoms with Crippen molar-refractivity contribution in [2.24, 2.45) is 0 Å². The van der Waals surface area contributed by atoms with E-state index in [4.69, 9.17) is 4.74 Å². The quantitative estimate of drug-likeness (QED) is 0.497. The lowest BCUT2D eigenvalue weighted by atomic mass is 10.1. The fourth-order valence-electron chi connectivity index (χ4n) is 3.68. The van der Waals surface area contributed by atoms with Crippen molar-refractivity contribution in [2.75, 3.05) is 25.4 Å². The van der Waals surface area contributed by atoms with Crippen LogP contribution >= 0.6 is 11.8 Å². The Morgan fingerprint density at radius 1 is 1.35 bits per heavy atom. The van der Waals surface area contributed by atoms with E-state index in [1.54, 1.807) is 16.4 Å². The van der Waals surface area contributed by atoms with Crippen LogP contribution in [0.15, 0.2) is 16.0 Å². The highest BCUT2D eigenvalue weighted by molar-refractivity contribution is 7.99. The number of aryl methyl sites for hydroxylation is 1. The van der Waals surface area contributed by atoms with Gasteiger partial charge < -0.3 is 19.9 Å². The molecule has 31 heavy (non-hydrogen) atoms. The number of piperidine rings is 1. The number of thioether (sulfide) groups is 1. The van der Waals surface area contributed by atoms with Gasteiger partial charge in [-0.05, 0) is 46.1 Å². The van der Waals surface area contributed by atoms with E-state index in [1.165, 1.54) is 11.8 Å². The second-order valence-electron chi connectivity index (χ2n) is 7.86. The first-order valence-electron chi connectivity index (χ1n) is 10.8. The number of hydrogen-bond donors (Lipinski definition) is 2. The first-order chi connectivity index (χ1) is 14.8. The summed E-state index contributed by atoms with van der Waals surface area (Å²) in [6.45, 7) is 9.16. The lowest BCUT2D eigenvalue weighted by Gasteiger charge is -2.31. The number of hydrogen-bond acceptors (Lipinski definition) is 6. The van der Waals surface area contributed by atoms with Crippen LogP contribution in [0, 0.1) is 6.92 Å². The van der Waals surface area contributed by atoms with Crippen molar-refractivity contribution >= 4 is 34.8 Å². The standard InChI is InChI=1S/C21H31N5O4S/c1-5-14(4)26-19(28)18-16(11-13(3)22-18)24-20(26)31-12-17(27)23-15-7-9-25(10-8-15)21(29)30-6-2/h11,14-15,22H,5-10,12H2,1-4H3,(H,23,27)/t14-/m0/s1. The van der Waals surface area contributed by atoms with E-state index in [-0.39, 0.29) is 35.4 Å². The Balaban J connectivity index is 1.62. The maximum absolute atomic E-state index is 13.0. The largest absolute Gasteiger partial charge is 0.450 e. The number of aromatic amines is 1. The van der Waals surface area contributed by atoms with Gasteiger partial charge in [0.1, 0.15) is 5.52 Å². The van der Waals surface area contributed by atoms with Gasteiger partial charge in [-0.1, -0.05) is 18.7 Å². The van der Waals surface area contributed by atoms with Gasteiger partial charge >= 0.3 is 6.09 Å². The number of ether oxygens (including phenoxy) is 1. The van der Waals surface area contributed by atoms with Crippen LogP contribution in [-0.2, 0) is 9.53 Å². The molecule has 0 spiro atoms. The summed E-state index contributed by atoms with van der Waals surface area (Å²) in [6, 6.07) is 1.85. The van der Waals surface area contributed by atoms with E-state index >= 15 is 0 Å². The SMILES string of the molecule is CCOC(=O)N1CCC(NC(=O)CSc2nc3cc(C)[nH]c3c(=O)n2[C@@H](C)CC)CC1. The summed E-state index contributed by atoms with van der Waals surface area (Å²) in [4.78, 5) is 46.7. The minimum Gasteiger partial charge on any atom is -0.450 e. The summed E-state index contributed by atoms with van der Waals surface area (Å²) in [6.07, 6.45) is 1.87. The Hall–Kier alpha value is -2.49. The lowest BCUT2D eigenvalue weighted by molar-refractivity contribution is -0.119. The topological polar surface area (TPSA) is 109 Å². The zero-order chi connectivity index (χ0) is 22.5. The van der Waals surface area contributed by atoms with E-state index in [0.29, 0.717) is 48.7 Å². The van der Waals surface area contributed by atoms with Crippen LogP contribution in [0.5, 0.6) is 0 Å². The average molecular weight is 450 g/mol. The summed E-state index contributed by atoms with van der Waals surface area (Å²) in [5.41, 5.74) is 1.89. The number of likely N-dealkylation sites (tertiary alicyclic amines) is 1. The molecule has 9 nitrogen and oxygen atoms in total. The molecule has 1 aliphatic heterocycles. The summed E-state index contributed by atoms with van der Waals surface area (Å²) in [5, 5.41) is 3.59. The van der Waals surface area contributed by atoms with Gasteiger partial charge in [0.2, 0.25) is 5.91 Å². The molecule has 0 saturated carbocycles. The molecule has 2 aromatic rings. The summed E-state index contributed by atoms with van der Waals surface area (Å²) in [5.74, 6) is 0.0745. The summed E-state index contributed by atoms with van der Waals surface area (Å²) >= 11 is 1.28. The van der Waals surface area contributed by atoms with Gasteiger partial charge in [0.15, 0.2) is 5.16 Å². The third-order valence-electron chi connectivity index (χ3n) is 5.54. The average Bonchev–Trinajstić information content (AvgIpc) is 3.13. The van der Waals surface area contributed by atoms with Crippen molar-refractivity contribution in [2.45, 2.75) is 64.2 Å². The molecule has 0 aliphatic carbocycles. The number of aromatic nitrogens is 3. The molecule has 0 aromatic carbocycles. The normalized spacial score (nSPS) is 15.8. The van der Waals surface area contributed by atoms with E-state index in [2.05, 4.69) is 15.3 Å². The van der Waals surface area contributed by atoms with Crippen LogP contribution in [0.1, 0.15) is 51.8 Å². The van der Waals surface area contributed by atoms with E-state index < -0.39 is 0 Å². The molecule has 2 aromatic heterocycles. The van der Waals surface area contributed by atoms with E-state index in [9.17, 15) is 14.4 Å². The molecule has 1 fully saturated rings. The summed E-state index contributed by atoms with van der Waals surface area (Å²) < 4.78 is 6.70. The number of carbonyl (C=O) groups is 2. The van der Waals surface area contributed by atoms with Crippen LogP contribution in [0.25, 0.3) is 11.0 Å². The van der Waals surface area contributed by atoms with Crippen LogP contribution < -0.4 is 10.9 Å². The number of fused-ring (bicyclic) bond motifs is 1. The van der Waals surface area contributed by atoms with Gasteiger partial charge in [-0.3, -0.25) is 14.2 Å². The van der Waals surface area contributed by atoms with Gasteiger partial charge in [-0.25, -0.2) is 9.78 Å². The van der Waals surface area contributed by atoms with Crippen LogP contribution in [0.2, 0.25) is 0 Å². The Bertz CT molecular complexity index is 994. The minimum atomic E-state index is -0.299. The monoisotopic (exact) mass is 449 g/mol. The minimum absolute atomic E-state index is 0.0224. The van der Waals surface area contributed by atoms with Crippen molar-refractivity contribution < 1.29 is 14.3 Å². The molecule has 1 saturated heterocycles. The van der Waals surface area contributed by atoms with E-state index in [0.717, 1.165) is 12.1 Å². The predicted octanol–water partition coefficient (Wildman–Crippen LogP) is 2.83. The highest BCUT2D eigenvalue weighted by Gasteiger charge is 2.25. The molecule has 3 heterocycles. The third-order valence-corrected chi connectivity index (χ3v) is 6.49. The molecule has 0 bridgehead atoms. The molecule has 3 rings (SSSR count). The second-order valence-corrected chi connectivity index (χ2v) is 8.80. The van der Waals surface area contributed by atoms with Crippen LogP contribution in [-0.4, -0.2) is 62.9 Å². The van der Waals surface area contributed by atoms with Crippen molar-refractivity contribution in [3.05, 3.63) is 22.1 Å². The molecule has 1 aliphatic rings. The van der Waals surface area contributed by atoms with E-state index in [1.807, 2.05) is 26.8 Å². The van der Waals surface area contributed by atoms with Crippen molar-refractivity contribution in [3.63, 3.8) is 0 Å². The summed E-state index contributed by atoms with van der Waals surface area (Å²) in [7, 11) is 0. The molecule has 2 N–H and O–H groups in total. The number of H-pyrrole nitrogens is 1. The van der Waals surface area contributed by atoms with Crippen LogP contribution in [0.3, 0.4) is 0 Å². The number of amides is 2. The molecular formula is C21H31N5O4S. The third kappa shape index (κ3) is 5.41. The molecule has 1 atom stereocenters. The first-order valence-corrected chi connectivity index (χ1v) is 11.8. The fraction of sp³-hybridized carbons (Fsp3) is 0.619. The second kappa shape index (κ2) is 10.2. The molecule has 0 radical (unpaired) electrons. The van der Waals surface area contributed by atoms with Crippen molar-refractivity contribution in [1.82, 2.24) is 24.8 Å². The molecule has 10 heteroatoms. The maximum atomic E-state index is 13.0. The number of nitrogens with zero attached hydrogens (tertiary/aromatic N) is 3. The van der Waals surface area contributed by atoms with Gasteiger partial charge in [-0.2, -0.15) is 0 Å². The Kier molecular flexibility index (Phi) is 7.64. The maximum Gasteiger partial charge on any atom is 0.409 e. The van der Waals surface area contributed by atoms with Gasteiger partial charge in [0, 0.05) is 30.9 Å².